The average Bonchev–Trinajstić information content (AvgIpc) is 2.95. The van der Waals surface area contributed by atoms with Crippen LogP contribution >= 0.6 is 36.4 Å². The molecule has 148 valence electrons. The quantitative estimate of drug-likeness (QED) is 0.571. The number of halogens is 1. The summed E-state index contributed by atoms with van der Waals surface area (Å²) in [5.74, 6) is 0.248. The van der Waals surface area contributed by atoms with E-state index in [-0.39, 0.29) is 30.0 Å². The van der Waals surface area contributed by atoms with Crippen molar-refractivity contribution in [3.05, 3.63) is 59.7 Å². The van der Waals surface area contributed by atoms with Crippen LogP contribution < -0.4 is 15.8 Å². The van der Waals surface area contributed by atoms with Crippen molar-refractivity contribution in [3.8, 4) is 11.5 Å². The maximum absolute atomic E-state index is 11.7. The van der Waals surface area contributed by atoms with E-state index in [2.05, 4.69) is 5.32 Å². The van der Waals surface area contributed by atoms with Gasteiger partial charge in [0.05, 0.1) is 5.25 Å². The highest BCUT2D eigenvalue weighted by atomic mass is 35.5. The number of aliphatic carboxylic acids is 1. The van der Waals surface area contributed by atoms with Crippen molar-refractivity contribution >= 4 is 52.6 Å². The number of hydrogen-bond acceptors (Lipinski definition) is 6. The molecule has 0 spiro atoms. The summed E-state index contributed by atoms with van der Waals surface area (Å²) in [7, 11) is 0. The number of carboxylic acids is 1. The van der Waals surface area contributed by atoms with Crippen LogP contribution in [0.1, 0.15) is 11.1 Å². The summed E-state index contributed by atoms with van der Waals surface area (Å²) in [6, 6.07) is 13.8. The second-order valence-corrected chi connectivity index (χ2v) is 8.01. The Morgan fingerprint density at radius 1 is 1.14 bits per heavy atom. The van der Waals surface area contributed by atoms with Crippen LogP contribution in [0.15, 0.2) is 48.5 Å². The fraction of sp³-hybridized carbons (Fsp3) is 0.211. The van der Waals surface area contributed by atoms with Crippen LogP contribution in [0.4, 0.5) is 0 Å². The molecule has 1 aliphatic heterocycles. The monoisotopic (exact) mass is 438 g/mol. The lowest BCUT2D eigenvalue weighted by atomic mass is 10.1. The predicted molar refractivity (Wildman–Crippen MR) is 115 cm³/mol. The number of nitrogens with two attached hydrogens (primary N) is 1. The van der Waals surface area contributed by atoms with Crippen LogP contribution in [0.2, 0.25) is 0 Å². The molecule has 1 amide bonds. The molecule has 1 aliphatic rings. The Labute approximate surface area is 178 Å². The Kier molecular flexibility index (Phi) is 7.82. The van der Waals surface area contributed by atoms with E-state index in [0.717, 1.165) is 11.1 Å². The van der Waals surface area contributed by atoms with Gasteiger partial charge in [0, 0.05) is 0 Å². The third-order valence-corrected chi connectivity index (χ3v) is 5.42. The maximum Gasteiger partial charge on any atom is 0.320 e. The Morgan fingerprint density at radius 3 is 2.14 bits per heavy atom. The van der Waals surface area contributed by atoms with Gasteiger partial charge >= 0.3 is 5.97 Å². The van der Waals surface area contributed by atoms with E-state index < -0.39 is 12.0 Å². The number of carbonyl (C=O) groups is 2. The molecule has 0 radical (unpaired) electrons. The third kappa shape index (κ3) is 5.93. The van der Waals surface area contributed by atoms with Gasteiger partial charge in [-0.05, 0) is 48.2 Å². The summed E-state index contributed by atoms with van der Waals surface area (Å²) in [5.41, 5.74) is 7.39. The second kappa shape index (κ2) is 9.88. The zero-order valence-electron chi connectivity index (χ0n) is 14.7. The van der Waals surface area contributed by atoms with Gasteiger partial charge in [-0.15, -0.1) is 12.4 Å². The highest BCUT2D eigenvalue weighted by molar-refractivity contribution is 8.24. The van der Waals surface area contributed by atoms with Crippen LogP contribution in [-0.2, 0) is 22.4 Å². The fourth-order valence-corrected chi connectivity index (χ4v) is 3.91. The number of amides is 1. The van der Waals surface area contributed by atoms with Crippen molar-refractivity contribution in [2.45, 2.75) is 24.1 Å². The maximum atomic E-state index is 11.7. The highest BCUT2D eigenvalue weighted by Crippen LogP contribution is 2.26. The molecule has 2 atom stereocenters. The smallest absolute Gasteiger partial charge is 0.320 e. The summed E-state index contributed by atoms with van der Waals surface area (Å²) in [6.45, 7) is 0. The standard InChI is InChI=1S/C19H18N2O4S2.ClH/c20-15(18(23)24)9-11-1-5-13(6-2-11)25-14-7-3-12(4-8-14)10-16-17(22)21-19(26)27-16;/h1-8,15-16H,9-10,20H2,(H,23,24)(H,21,22,26);1H/t15-,16?;/m0./s1. The fourth-order valence-electron chi connectivity index (χ4n) is 2.61. The van der Waals surface area contributed by atoms with Gasteiger partial charge in [-0.2, -0.15) is 0 Å². The number of thiocarbonyl (C=S) groups is 1. The van der Waals surface area contributed by atoms with Gasteiger partial charge < -0.3 is 20.9 Å². The summed E-state index contributed by atoms with van der Waals surface area (Å²) in [6.07, 6.45) is 0.871. The van der Waals surface area contributed by atoms with Gasteiger partial charge in [0.15, 0.2) is 0 Å². The van der Waals surface area contributed by atoms with Gasteiger partial charge in [-0.1, -0.05) is 48.2 Å². The number of nitrogens with one attached hydrogen (secondary N) is 1. The van der Waals surface area contributed by atoms with Gasteiger partial charge in [-0.25, -0.2) is 0 Å². The molecule has 1 heterocycles. The lowest BCUT2D eigenvalue weighted by Crippen LogP contribution is -2.32. The molecule has 1 saturated heterocycles. The van der Waals surface area contributed by atoms with Crippen molar-refractivity contribution < 1.29 is 19.4 Å². The molecule has 2 aromatic rings. The number of ether oxygens (including phenoxy) is 1. The summed E-state index contributed by atoms with van der Waals surface area (Å²) >= 11 is 6.38. The van der Waals surface area contributed by atoms with E-state index in [9.17, 15) is 9.59 Å². The molecule has 0 bridgehead atoms. The molecule has 0 saturated carbocycles. The average molecular weight is 439 g/mol. The first kappa shape index (κ1) is 22.2. The first-order chi connectivity index (χ1) is 12.9. The molecule has 9 heteroatoms. The minimum Gasteiger partial charge on any atom is -0.480 e. The van der Waals surface area contributed by atoms with Crippen LogP contribution in [0, 0.1) is 0 Å². The van der Waals surface area contributed by atoms with Crippen LogP contribution in [0.5, 0.6) is 11.5 Å². The largest absolute Gasteiger partial charge is 0.480 e. The van der Waals surface area contributed by atoms with Crippen LogP contribution in [0.3, 0.4) is 0 Å². The molecular formula is C19H19ClN2O4S2. The SMILES string of the molecule is Cl.N[C@@H](Cc1ccc(Oc2ccc(CC3SC(=S)NC3=O)cc2)cc1)C(=O)O. The molecule has 6 nitrogen and oxygen atoms in total. The zero-order chi connectivity index (χ0) is 19.4. The van der Waals surface area contributed by atoms with E-state index in [4.69, 9.17) is 27.8 Å². The Balaban J connectivity index is 0.00000280. The van der Waals surface area contributed by atoms with Crippen molar-refractivity contribution in [1.29, 1.82) is 0 Å². The van der Waals surface area contributed by atoms with Crippen molar-refractivity contribution in [3.63, 3.8) is 0 Å². The third-order valence-electron chi connectivity index (χ3n) is 4.04. The van der Waals surface area contributed by atoms with Crippen LogP contribution in [0.25, 0.3) is 0 Å². The van der Waals surface area contributed by atoms with Crippen molar-refractivity contribution in [1.82, 2.24) is 5.32 Å². The molecule has 2 aromatic carbocycles. The van der Waals surface area contributed by atoms with E-state index in [1.807, 2.05) is 24.3 Å². The lowest BCUT2D eigenvalue weighted by molar-refractivity contribution is -0.138. The number of thioether (sulfide) groups is 1. The number of benzene rings is 2. The summed E-state index contributed by atoms with van der Waals surface area (Å²) in [4.78, 5) is 22.5. The first-order valence-electron chi connectivity index (χ1n) is 8.26. The summed E-state index contributed by atoms with van der Waals surface area (Å²) < 4.78 is 6.32. The molecule has 3 rings (SSSR count). The van der Waals surface area contributed by atoms with Crippen molar-refractivity contribution in [2.24, 2.45) is 5.73 Å². The van der Waals surface area contributed by atoms with Gasteiger partial charge in [0.1, 0.15) is 21.9 Å². The number of carboxylic acid groups (broad SMARTS) is 1. The number of hydrogen-bond donors (Lipinski definition) is 3. The van der Waals surface area contributed by atoms with Gasteiger partial charge in [0.2, 0.25) is 5.91 Å². The predicted octanol–water partition coefficient (Wildman–Crippen LogP) is 2.91. The van der Waals surface area contributed by atoms with E-state index >= 15 is 0 Å². The van der Waals surface area contributed by atoms with Crippen LogP contribution in [-0.4, -0.2) is 32.6 Å². The molecule has 0 aromatic heterocycles. The zero-order valence-corrected chi connectivity index (χ0v) is 17.1. The van der Waals surface area contributed by atoms with E-state index in [1.54, 1.807) is 24.3 Å². The topological polar surface area (TPSA) is 102 Å². The molecule has 1 fully saturated rings. The first-order valence-corrected chi connectivity index (χ1v) is 9.55. The van der Waals surface area contributed by atoms with Gasteiger partial charge in [0.25, 0.3) is 0 Å². The second-order valence-electron chi connectivity index (χ2n) is 6.13. The molecule has 28 heavy (non-hydrogen) atoms. The summed E-state index contributed by atoms with van der Waals surface area (Å²) in [5, 5.41) is 11.3. The van der Waals surface area contributed by atoms with Gasteiger partial charge in [-0.3, -0.25) is 9.59 Å². The van der Waals surface area contributed by atoms with E-state index in [1.165, 1.54) is 11.8 Å². The Morgan fingerprint density at radius 2 is 1.68 bits per heavy atom. The highest BCUT2D eigenvalue weighted by Gasteiger charge is 2.28. The molecular weight excluding hydrogens is 420 g/mol. The minimum atomic E-state index is -1.02. The molecule has 1 unspecified atom stereocenters. The Hall–Kier alpha value is -2.13. The Bertz CT molecular complexity index is 859. The molecule has 0 aliphatic carbocycles. The lowest BCUT2D eigenvalue weighted by Gasteiger charge is -2.10. The molecule has 4 N–H and O–H groups in total. The van der Waals surface area contributed by atoms with Crippen molar-refractivity contribution in [2.75, 3.05) is 0 Å². The number of rotatable bonds is 7. The normalized spacial score (nSPS) is 16.8. The number of carbonyl (C=O) groups excluding carboxylic acids is 1. The minimum absolute atomic E-state index is 0. The van der Waals surface area contributed by atoms with E-state index in [0.29, 0.717) is 22.2 Å².